The SMILES string of the molecule is OCC(O)C1OC(O)(CO)C(O)C(O)C1O. The molecule has 1 heterocycles. The Hall–Kier alpha value is -0.320. The first kappa shape index (κ1) is 13.7. The fourth-order valence-electron chi connectivity index (χ4n) is 1.56. The Morgan fingerprint density at radius 1 is 1.12 bits per heavy atom. The minimum Gasteiger partial charge on any atom is -0.394 e. The van der Waals surface area contributed by atoms with Crippen molar-refractivity contribution < 1.29 is 40.5 Å². The minimum atomic E-state index is -2.49. The molecule has 0 aliphatic carbocycles. The molecule has 8 heteroatoms. The van der Waals surface area contributed by atoms with Gasteiger partial charge in [0.05, 0.1) is 13.2 Å². The molecule has 0 spiro atoms. The lowest BCUT2D eigenvalue weighted by atomic mass is 9.90. The first-order valence-electron chi connectivity index (χ1n) is 4.71. The van der Waals surface area contributed by atoms with Crippen LogP contribution in [-0.2, 0) is 4.74 Å². The molecule has 1 aliphatic heterocycles. The van der Waals surface area contributed by atoms with E-state index in [0.717, 1.165) is 0 Å². The number of aliphatic hydroxyl groups is 7. The van der Waals surface area contributed by atoms with Crippen LogP contribution < -0.4 is 0 Å². The molecule has 1 saturated heterocycles. The van der Waals surface area contributed by atoms with Crippen molar-refractivity contribution in [3.05, 3.63) is 0 Å². The molecule has 1 rings (SSSR count). The van der Waals surface area contributed by atoms with Gasteiger partial charge in [-0.25, -0.2) is 0 Å². The number of hydrogen-bond acceptors (Lipinski definition) is 8. The second-order valence-electron chi connectivity index (χ2n) is 3.76. The predicted octanol–water partition coefficient (Wildman–Crippen LogP) is -4.50. The summed E-state index contributed by atoms with van der Waals surface area (Å²) < 4.78 is 4.71. The van der Waals surface area contributed by atoms with Crippen molar-refractivity contribution in [2.45, 2.75) is 36.3 Å². The van der Waals surface area contributed by atoms with Crippen LogP contribution >= 0.6 is 0 Å². The molecule has 1 fully saturated rings. The van der Waals surface area contributed by atoms with Crippen molar-refractivity contribution >= 4 is 0 Å². The smallest absolute Gasteiger partial charge is 0.219 e. The van der Waals surface area contributed by atoms with E-state index < -0.39 is 49.5 Å². The average Bonchev–Trinajstić information content (AvgIpc) is 2.30. The van der Waals surface area contributed by atoms with Crippen molar-refractivity contribution in [2.24, 2.45) is 0 Å². The summed E-state index contributed by atoms with van der Waals surface area (Å²) in [5.74, 6) is -2.49. The molecular formula is C8H16O8. The quantitative estimate of drug-likeness (QED) is 0.261. The number of aliphatic hydroxyl groups excluding tert-OH is 6. The van der Waals surface area contributed by atoms with Crippen LogP contribution in [0.2, 0.25) is 0 Å². The normalized spacial score (nSPS) is 46.7. The number of ether oxygens (including phenoxy) is 1. The Kier molecular flexibility index (Phi) is 4.21. The molecule has 0 aromatic carbocycles. The fourth-order valence-corrected chi connectivity index (χ4v) is 1.56. The summed E-state index contributed by atoms with van der Waals surface area (Å²) in [5.41, 5.74) is 0. The Morgan fingerprint density at radius 2 is 1.69 bits per heavy atom. The molecule has 16 heavy (non-hydrogen) atoms. The molecular weight excluding hydrogens is 224 g/mol. The van der Waals surface area contributed by atoms with E-state index in [9.17, 15) is 25.5 Å². The van der Waals surface area contributed by atoms with Gasteiger partial charge in [-0.2, -0.15) is 0 Å². The maximum absolute atomic E-state index is 9.57. The molecule has 0 bridgehead atoms. The second-order valence-corrected chi connectivity index (χ2v) is 3.76. The Labute approximate surface area is 91.0 Å². The van der Waals surface area contributed by atoms with Crippen molar-refractivity contribution in [1.29, 1.82) is 0 Å². The summed E-state index contributed by atoms with van der Waals surface area (Å²) in [6.07, 6.45) is -8.49. The Morgan fingerprint density at radius 3 is 2.12 bits per heavy atom. The van der Waals surface area contributed by atoms with Gasteiger partial charge >= 0.3 is 0 Å². The monoisotopic (exact) mass is 240 g/mol. The van der Waals surface area contributed by atoms with Crippen LogP contribution in [0.4, 0.5) is 0 Å². The van der Waals surface area contributed by atoms with Gasteiger partial charge < -0.3 is 40.5 Å². The highest BCUT2D eigenvalue weighted by Crippen LogP contribution is 2.29. The maximum atomic E-state index is 9.57. The van der Waals surface area contributed by atoms with Crippen LogP contribution in [0.25, 0.3) is 0 Å². The minimum absolute atomic E-state index is 0.772. The van der Waals surface area contributed by atoms with E-state index in [1.54, 1.807) is 0 Å². The van der Waals surface area contributed by atoms with Gasteiger partial charge in [-0.15, -0.1) is 0 Å². The zero-order valence-electron chi connectivity index (χ0n) is 8.34. The molecule has 0 radical (unpaired) electrons. The highest BCUT2D eigenvalue weighted by atomic mass is 16.7. The third kappa shape index (κ3) is 2.19. The average molecular weight is 240 g/mol. The molecule has 6 atom stereocenters. The molecule has 0 saturated carbocycles. The second kappa shape index (κ2) is 4.90. The van der Waals surface area contributed by atoms with Crippen molar-refractivity contribution in [2.75, 3.05) is 13.2 Å². The van der Waals surface area contributed by atoms with Crippen molar-refractivity contribution in [3.63, 3.8) is 0 Å². The van der Waals surface area contributed by atoms with E-state index in [1.807, 2.05) is 0 Å². The number of hydrogen-bond donors (Lipinski definition) is 7. The lowest BCUT2D eigenvalue weighted by Gasteiger charge is -2.45. The van der Waals surface area contributed by atoms with E-state index in [2.05, 4.69) is 0 Å². The largest absolute Gasteiger partial charge is 0.394 e. The molecule has 6 unspecified atom stereocenters. The van der Waals surface area contributed by atoms with Gasteiger partial charge in [0.25, 0.3) is 0 Å². The molecule has 0 aromatic rings. The molecule has 1 aliphatic rings. The summed E-state index contributed by atoms with van der Waals surface area (Å²) in [7, 11) is 0. The zero-order chi connectivity index (χ0) is 12.5. The lowest BCUT2D eigenvalue weighted by Crippen LogP contribution is -2.68. The molecule has 0 aromatic heterocycles. The van der Waals surface area contributed by atoms with Crippen molar-refractivity contribution in [1.82, 2.24) is 0 Å². The Balaban J connectivity index is 2.90. The number of rotatable bonds is 3. The van der Waals surface area contributed by atoms with Gasteiger partial charge in [0, 0.05) is 0 Å². The molecule has 7 N–H and O–H groups in total. The van der Waals surface area contributed by atoms with Crippen LogP contribution in [0.3, 0.4) is 0 Å². The zero-order valence-corrected chi connectivity index (χ0v) is 8.34. The summed E-state index contributed by atoms with van der Waals surface area (Å²) in [6.45, 7) is -1.81. The summed E-state index contributed by atoms with van der Waals surface area (Å²) in [6, 6.07) is 0. The third-order valence-corrected chi connectivity index (χ3v) is 2.61. The molecule has 0 amide bonds. The van der Waals surface area contributed by atoms with Gasteiger partial charge in [-0.3, -0.25) is 0 Å². The summed E-state index contributed by atoms with van der Waals surface area (Å²) in [5, 5.41) is 64.5. The van der Waals surface area contributed by atoms with E-state index >= 15 is 0 Å². The van der Waals surface area contributed by atoms with E-state index in [1.165, 1.54) is 0 Å². The maximum Gasteiger partial charge on any atom is 0.219 e. The van der Waals surface area contributed by atoms with Crippen LogP contribution in [0.5, 0.6) is 0 Å². The standard InChI is InChI=1S/C8H16O8/c9-1-3(11)6-4(12)5(13)7(14)8(15,2-10)16-6/h3-7,9-15H,1-2H2. The lowest BCUT2D eigenvalue weighted by molar-refractivity contribution is -0.365. The topological polar surface area (TPSA) is 151 Å². The van der Waals surface area contributed by atoms with Gasteiger partial charge in [0.15, 0.2) is 0 Å². The third-order valence-electron chi connectivity index (χ3n) is 2.61. The van der Waals surface area contributed by atoms with Gasteiger partial charge in [-0.05, 0) is 0 Å². The first-order valence-corrected chi connectivity index (χ1v) is 4.71. The summed E-state index contributed by atoms with van der Waals surface area (Å²) >= 11 is 0. The van der Waals surface area contributed by atoms with Crippen molar-refractivity contribution in [3.8, 4) is 0 Å². The van der Waals surface area contributed by atoms with Crippen LogP contribution in [0.15, 0.2) is 0 Å². The van der Waals surface area contributed by atoms with E-state index in [-0.39, 0.29) is 0 Å². The Bertz CT molecular complexity index is 234. The van der Waals surface area contributed by atoms with Gasteiger partial charge in [0.2, 0.25) is 5.79 Å². The highest BCUT2D eigenvalue weighted by Gasteiger charge is 2.54. The van der Waals surface area contributed by atoms with Gasteiger partial charge in [0.1, 0.15) is 30.5 Å². The fraction of sp³-hybridized carbons (Fsp3) is 1.00. The van der Waals surface area contributed by atoms with E-state index in [0.29, 0.717) is 0 Å². The highest BCUT2D eigenvalue weighted by molar-refractivity contribution is 4.97. The predicted molar refractivity (Wildman–Crippen MR) is 48.0 cm³/mol. The first-order chi connectivity index (χ1) is 7.37. The molecule has 96 valence electrons. The molecule has 8 nitrogen and oxygen atoms in total. The van der Waals surface area contributed by atoms with E-state index in [4.69, 9.17) is 14.9 Å². The summed E-state index contributed by atoms with van der Waals surface area (Å²) in [4.78, 5) is 0. The van der Waals surface area contributed by atoms with Crippen LogP contribution in [-0.4, -0.2) is 85.3 Å². The van der Waals surface area contributed by atoms with Gasteiger partial charge in [-0.1, -0.05) is 0 Å². The van der Waals surface area contributed by atoms with Crippen LogP contribution in [0.1, 0.15) is 0 Å². The van der Waals surface area contributed by atoms with Crippen LogP contribution in [0, 0.1) is 0 Å².